The average molecular weight is 274 g/mol. The van der Waals surface area contributed by atoms with E-state index in [-0.39, 0.29) is 5.69 Å². The Kier molecular flexibility index (Phi) is 3.34. The molecule has 82 valence electrons. The molecule has 4 nitrogen and oxygen atoms in total. The first kappa shape index (κ1) is 12.0. The molecule has 1 aromatic rings. The van der Waals surface area contributed by atoms with Crippen molar-refractivity contribution in [3.63, 3.8) is 0 Å². The van der Waals surface area contributed by atoms with E-state index in [0.29, 0.717) is 10.8 Å². The first-order valence-electron chi connectivity index (χ1n) is 4.40. The number of aldehydes is 1. The van der Waals surface area contributed by atoms with E-state index >= 15 is 0 Å². The third-order valence-electron chi connectivity index (χ3n) is 1.53. The van der Waals surface area contributed by atoms with Crippen molar-refractivity contribution in [2.24, 2.45) is 0 Å². The van der Waals surface area contributed by atoms with Gasteiger partial charge in [0.2, 0.25) is 0 Å². The van der Waals surface area contributed by atoms with Crippen LogP contribution in [0.15, 0.2) is 16.7 Å². The summed E-state index contributed by atoms with van der Waals surface area (Å²) in [7, 11) is 0. The molecule has 0 fully saturated rings. The Morgan fingerprint density at radius 2 is 2.13 bits per heavy atom. The van der Waals surface area contributed by atoms with Crippen molar-refractivity contribution in [2.75, 3.05) is 0 Å². The number of rotatable bonds is 1. The molecule has 0 unspecified atom stereocenters. The molecule has 0 bridgehead atoms. The highest BCUT2D eigenvalue weighted by Gasteiger charge is 2.19. The summed E-state index contributed by atoms with van der Waals surface area (Å²) in [6, 6.07) is 1.55. The summed E-state index contributed by atoms with van der Waals surface area (Å²) in [5.74, 6) is 0. The maximum Gasteiger partial charge on any atom is 0.419 e. The Morgan fingerprint density at radius 1 is 1.53 bits per heavy atom. The SMILES string of the molecule is CC(C)(C)OC(=O)n1cc(Br)cc1C=O. The quantitative estimate of drug-likeness (QED) is 0.740. The predicted octanol–water partition coefficient (Wildman–Crippen LogP) is 2.85. The number of halogens is 1. The summed E-state index contributed by atoms with van der Waals surface area (Å²) in [6.07, 6.45) is 1.54. The van der Waals surface area contributed by atoms with Crippen molar-refractivity contribution in [2.45, 2.75) is 26.4 Å². The van der Waals surface area contributed by atoms with Crippen molar-refractivity contribution in [1.29, 1.82) is 0 Å². The summed E-state index contributed by atoms with van der Waals surface area (Å²) in [5.41, 5.74) is -0.315. The molecule has 0 aliphatic carbocycles. The van der Waals surface area contributed by atoms with Crippen LogP contribution < -0.4 is 0 Å². The molecule has 0 atom stereocenters. The number of hydrogen-bond donors (Lipinski definition) is 0. The fraction of sp³-hybridized carbons (Fsp3) is 0.400. The van der Waals surface area contributed by atoms with E-state index in [9.17, 15) is 9.59 Å². The minimum Gasteiger partial charge on any atom is -0.443 e. The normalized spacial score (nSPS) is 11.2. The monoisotopic (exact) mass is 273 g/mol. The van der Waals surface area contributed by atoms with Gasteiger partial charge in [0.25, 0.3) is 0 Å². The van der Waals surface area contributed by atoms with Crippen LogP contribution in [0.25, 0.3) is 0 Å². The highest BCUT2D eigenvalue weighted by Crippen LogP contribution is 2.16. The van der Waals surface area contributed by atoms with E-state index in [1.807, 2.05) is 0 Å². The Hall–Kier alpha value is -1.10. The fourth-order valence-electron chi connectivity index (χ4n) is 1.01. The second-order valence-corrected chi connectivity index (χ2v) is 4.97. The first-order chi connectivity index (χ1) is 6.83. The van der Waals surface area contributed by atoms with E-state index < -0.39 is 11.7 Å². The van der Waals surface area contributed by atoms with Gasteiger partial charge < -0.3 is 4.74 Å². The Labute approximate surface area is 96.3 Å². The van der Waals surface area contributed by atoms with Gasteiger partial charge in [-0.3, -0.25) is 4.79 Å². The maximum atomic E-state index is 11.6. The molecule has 0 saturated carbocycles. The molecule has 0 aliphatic rings. The van der Waals surface area contributed by atoms with Gasteiger partial charge >= 0.3 is 6.09 Å². The number of aromatic nitrogens is 1. The standard InChI is InChI=1S/C10H12BrNO3/c1-10(2,3)15-9(14)12-5-7(11)4-8(12)6-13/h4-6H,1-3H3. The van der Waals surface area contributed by atoms with Gasteiger partial charge in [0.05, 0.1) is 5.69 Å². The second kappa shape index (κ2) is 4.18. The number of nitrogens with zero attached hydrogens (tertiary/aromatic N) is 1. The maximum absolute atomic E-state index is 11.6. The van der Waals surface area contributed by atoms with Crippen LogP contribution in [0.4, 0.5) is 4.79 Å². The summed E-state index contributed by atoms with van der Waals surface area (Å²) in [6.45, 7) is 5.30. The predicted molar refractivity (Wildman–Crippen MR) is 59.2 cm³/mol. The summed E-state index contributed by atoms with van der Waals surface area (Å²) < 4.78 is 6.96. The van der Waals surface area contributed by atoms with Gasteiger partial charge in [-0.2, -0.15) is 0 Å². The zero-order valence-electron chi connectivity index (χ0n) is 8.78. The summed E-state index contributed by atoms with van der Waals surface area (Å²) in [5, 5.41) is 0. The molecule has 0 amide bonds. The Balaban J connectivity index is 2.95. The first-order valence-corrected chi connectivity index (χ1v) is 5.19. The molecule has 0 aromatic carbocycles. The zero-order valence-corrected chi connectivity index (χ0v) is 10.4. The van der Waals surface area contributed by atoms with E-state index in [2.05, 4.69) is 15.9 Å². The van der Waals surface area contributed by atoms with Gasteiger partial charge in [0.15, 0.2) is 6.29 Å². The number of carbonyl (C=O) groups is 2. The molecule has 15 heavy (non-hydrogen) atoms. The van der Waals surface area contributed by atoms with Gasteiger partial charge in [0.1, 0.15) is 5.60 Å². The van der Waals surface area contributed by atoms with Crippen LogP contribution in [0.2, 0.25) is 0 Å². The van der Waals surface area contributed by atoms with Crippen molar-refractivity contribution in [3.8, 4) is 0 Å². The third-order valence-corrected chi connectivity index (χ3v) is 1.96. The number of carbonyl (C=O) groups excluding carboxylic acids is 2. The lowest BCUT2D eigenvalue weighted by Crippen LogP contribution is -2.27. The van der Waals surface area contributed by atoms with Crippen LogP contribution in [0, 0.1) is 0 Å². The van der Waals surface area contributed by atoms with E-state index in [1.165, 1.54) is 10.8 Å². The smallest absolute Gasteiger partial charge is 0.419 e. The highest BCUT2D eigenvalue weighted by atomic mass is 79.9. The number of hydrogen-bond acceptors (Lipinski definition) is 3. The zero-order chi connectivity index (χ0) is 11.6. The van der Waals surface area contributed by atoms with E-state index in [1.54, 1.807) is 26.8 Å². The lowest BCUT2D eigenvalue weighted by atomic mass is 10.2. The average Bonchev–Trinajstić information content (AvgIpc) is 2.43. The molecule has 5 heteroatoms. The van der Waals surface area contributed by atoms with Crippen LogP contribution >= 0.6 is 15.9 Å². The van der Waals surface area contributed by atoms with E-state index in [0.717, 1.165) is 0 Å². The summed E-state index contributed by atoms with van der Waals surface area (Å²) in [4.78, 5) is 22.3. The van der Waals surface area contributed by atoms with Crippen LogP contribution in [0.1, 0.15) is 31.3 Å². The van der Waals surface area contributed by atoms with Gasteiger partial charge in [-0.05, 0) is 42.8 Å². The Morgan fingerprint density at radius 3 is 2.60 bits per heavy atom. The molecule has 1 aromatic heterocycles. The minimum atomic E-state index is -0.575. The molecule has 1 heterocycles. The second-order valence-electron chi connectivity index (χ2n) is 4.05. The van der Waals surface area contributed by atoms with Crippen LogP contribution in [0.3, 0.4) is 0 Å². The lowest BCUT2D eigenvalue weighted by molar-refractivity contribution is 0.0531. The van der Waals surface area contributed by atoms with Crippen molar-refractivity contribution < 1.29 is 14.3 Å². The van der Waals surface area contributed by atoms with Crippen molar-refractivity contribution >= 4 is 28.3 Å². The van der Waals surface area contributed by atoms with Gasteiger partial charge in [-0.15, -0.1) is 0 Å². The van der Waals surface area contributed by atoms with Crippen molar-refractivity contribution in [1.82, 2.24) is 4.57 Å². The largest absolute Gasteiger partial charge is 0.443 e. The number of ether oxygens (including phenoxy) is 1. The van der Waals surface area contributed by atoms with Crippen LogP contribution in [0.5, 0.6) is 0 Å². The molecule has 0 aliphatic heterocycles. The molecule has 0 radical (unpaired) electrons. The molecule has 0 saturated heterocycles. The molecular formula is C10H12BrNO3. The van der Waals surface area contributed by atoms with Crippen LogP contribution in [-0.2, 0) is 4.74 Å². The Bertz CT molecular complexity index is 390. The molecule has 0 spiro atoms. The van der Waals surface area contributed by atoms with Gasteiger partial charge in [0, 0.05) is 10.7 Å². The van der Waals surface area contributed by atoms with E-state index in [4.69, 9.17) is 4.74 Å². The third kappa shape index (κ3) is 3.20. The topological polar surface area (TPSA) is 48.3 Å². The molecule has 1 rings (SSSR count). The van der Waals surface area contributed by atoms with Crippen molar-refractivity contribution in [3.05, 3.63) is 22.4 Å². The minimum absolute atomic E-state index is 0.260. The molecule has 0 N–H and O–H groups in total. The molecular weight excluding hydrogens is 262 g/mol. The van der Waals surface area contributed by atoms with Gasteiger partial charge in [-0.25, -0.2) is 9.36 Å². The fourth-order valence-corrected chi connectivity index (χ4v) is 1.45. The highest BCUT2D eigenvalue weighted by molar-refractivity contribution is 9.10. The summed E-state index contributed by atoms with van der Waals surface area (Å²) >= 11 is 3.18. The lowest BCUT2D eigenvalue weighted by Gasteiger charge is -2.19. The van der Waals surface area contributed by atoms with Crippen LogP contribution in [-0.4, -0.2) is 22.5 Å². The van der Waals surface area contributed by atoms with Gasteiger partial charge in [-0.1, -0.05) is 0 Å².